The van der Waals surface area contributed by atoms with Crippen molar-refractivity contribution in [1.82, 2.24) is 20.4 Å². The normalized spacial score (nSPS) is 22.4. The lowest BCUT2D eigenvalue weighted by Crippen LogP contribution is -2.51. The molecule has 9 heteroatoms. The molecule has 2 aliphatic heterocycles. The Labute approximate surface area is 181 Å². The number of carbonyl (C=O) groups excluding carboxylic acids is 2. The van der Waals surface area contributed by atoms with Crippen LogP contribution in [0.25, 0.3) is 0 Å². The second kappa shape index (κ2) is 9.72. The summed E-state index contributed by atoms with van der Waals surface area (Å²) in [6, 6.07) is 4.11. The quantitative estimate of drug-likeness (QED) is 0.370. The second-order valence-electron chi connectivity index (χ2n) is 7.34. The molecule has 2 saturated heterocycles. The van der Waals surface area contributed by atoms with Crippen LogP contribution in [0, 0.1) is 5.41 Å². The largest absolute Gasteiger partial charge is 0.355 e. The van der Waals surface area contributed by atoms with Gasteiger partial charge in [-0.1, -0.05) is 6.07 Å². The number of thiophene rings is 1. The van der Waals surface area contributed by atoms with E-state index in [2.05, 4.69) is 32.0 Å². The molecule has 1 aromatic rings. The molecule has 27 heavy (non-hydrogen) atoms. The molecule has 0 bridgehead atoms. The highest BCUT2D eigenvalue weighted by Gasteiger charge is 2.42. The molecule has 2 fully saturated rings. The maximum absolute atomic E-state index is 12.0. The van der Waals surface area contributed by atoms with Gasteiger partial charge in [-0.25, -0.2) is 4.99 Å². The number of nitrogens with zero attached hydrogens (tertiary/aromatic N) is 3. The van der Waals surface area contributed by atoms with E-state index in [4.69, 9.17) is 0 Å². The molecule has 2 aliphatic rings. The van der Waals surface area contributed by atoms with Crippen LogP contribution in [0.1, 0.15) is 24.1 Å². The predicted octanol–water partition coefficient (Wildman–Crippen LogP) is 1.50. The summed E-state index contributed by atoms with van der Waals surface area (Å²) in [4.78, 5) is 33.3. The average Bonchev–Trinajstić information content (AvgIpc) is 3.25. The molecule has 3 heterocycles. The molecule has 1 spiro atoms. The van der Waals surface area contributed by atoms with Gasteiger partial charge >= 0.3 is 0 Å². The molecular formula is C18H28IN5O2S. The number of likely N-dealkylation sites (N-methyl/N-ethyl adjacent to an activating group) is 1. The summed E-state index contributed by atoms with van der Waals surface area (Å²) in [5.74, 6) is 0.872. The fourth-order valence-electron chi connectivity index (χ4n) is 3.56. The highest BCUT2D eigenvalue weighted by Crippen LogP contribution is 2.36. The minimum absolute atomic E-state index is 0. The number of halogens is 1. The summed E-state index contributed by atoms with van der Waals surface area (Å²) in [5, 5.41) is 8.44. The van der Waals surface area contributed by atoms with Gasteiger partial charge in [0.1, 0.15) is 6.54 Å². The first-order chi connectivity index (χ1) is 12.5. The molecule has 0 radical (unpaired) electrons. The highest BCUT2D eigenvalue weighted by atomic mass is 127. The maximum atomic E-state index is 12.0. The topological polar surface area (TPSA) is 77.0 Å². The van der Waals surface area contributed by atoms with Crippen LogP contribution >= 0.6 is 35.3 Å². The number of piperidine rings is 1. The third-order valence-corrected chi connectivity index (χ3v) is 5.90. The molecule has 1 aromatic heterocycles. The zero-order valence-corrected chi connectivity index (χ0v) is 19.0. The third-order valence-electron chi connectivity index (χ3n) is 5.02. The monoisotopic (exact) mass is 505 g/mol. The molecule has 0 aromatic carbocycles. The van der Waals surface area contributed by atoms with E-state index in [1.807, 2.05) is 6.07 Å². The first-order valence-electron chi connectivity index (χ1n) is 9.00. The fourth-order valence-corrected chi connectivity index (χ4v) is 4.20. The van der Waals surface area contributed by atoms with Gasteiger partial charge in [-0.3, -0.25) is 9.59 Å². The number of nitrogens with one attached hydrogen (secondary N) is 2. The summed E-state index contributed by atoms with van der Waals surface area (Å²) >= 11 is 1.69. The van der Waals surface area contributed by atoms with E-state index >= 15 is 0 Å². The van der Waals surface area contributed by atoms with Gasteiger partial charge in [0.15, 0.2) is 5.96 Å². The fraction of sp³-hybridized carbons (Fsp3) is 0.611. The molecule has 0 aliphatic carbocycles. The third kappa shape index (κ3) is 5.81. The first-order valence-corrected chi connectivity index (χ1v) is 9.88. The van der Waals surface area contributed by atoms with Crippen LogP contribution in [0.2, 0.25) is 0 Å². The van der Waals surface area contributed by atoms with Gasteiger partial charge in [-0.05, 0) is 24.3 Å². The number of rotatable bonds is 4. The van der Waals surface area contributed by atoms with E-state index in [-0.39, 0.29) is 47.8 Å². The van der Waals surface area contributed by atoms with Crippen molar-refractivity contribution in [1.29, 1.82) is 0 Å². The van der Waals surface area contributed by atoms with E-state index in [0.717, 1.165) is 38.4 Å². The smallest absolute Gasteiger partial charge is 0.243 e. The minimum Gasteiger partial charge on any atom is -0.355 e. The Balaban J connectivity index is 0.00000261. The van der Waals surface area contributed by atoms with Crippen LogP contribution in [0.5, 0.6) is 0 Å². The number of guanidine groups is 1. The van der Waals surface area contributed by atoms with Crippen LogP contribution in [-0.4, -0.2) is 67.8 Å². The molecule has 0 saturated carbocycles. The van der Waals surface area contributed by atoms with Gasteiger partial charge in [0.25, 0.3) is 0 Å². The number of carbonyl (C=O) groups is 2. The van der Waals surface area contributed by atoms with Gasteiger partial charge in [-0.15, -0.1) is 35.3 Å². The zero-order chi connectivity index (χ0) is 18.6. The summed E-state index contributed by atoms with van der Waals surface area (Å²) in [6.45, 7) is 3.23. The SMILES string of the molecule is CN(C)C(=O)CN=C(NCc1cccs1)N1CCCC2(CNC(=O)C2)C1.I. The van der Waals surface area contributed by atoms with E-state index < -0.39 is 0 Å². The molecule has 150 valence electrons. The zero-order valence-electron chi connectivity index (χ0n) is 15.9. The predicted molar refractivity (Wildman–Crippen MR) is 118 cm³/mol. The van der Waals surface area contributed by atoms with Crippen LogP contribution in [0.3, 0.4) is 0 Å². The molecule has 2 N–H and O–H groups in total. The molecule has 1 atom stereocenters. The van der Waals surface area contributed by atoms with Crippen LogP contribution in [0.15, 0.2) is 22.5 Å². The molecule has 7 nitrogen and oxygen atoms in total. The molecule has 1 unspecified atom stereocenters. The van der Waals surface area contributed by atoms with Crippen molar-refractivity contribution in [2.75, 3.05) is 40.3 Å². The second-order valence-corrected chi connectivity index (χ2v) is 8.37. The summed E-state index contributed by atoms with van der Waals surface area (Å²) < 4.78 is 0. The molecule has 2 amide bonds. The molecular weight excluding hydrogens is 477 g/mol. The Morgan fingerprint density at radius 2 is 2.30 bits per heavy atom. The maximum Gasteiger partial charge on any atom is 0.243 e. The average molecular weight is 505 g/mol. The lowest BCUT2D eigenvalue weighted by molar-refractivity contribution is -0.127. The van der Waals surface area contributed by atoms with Crippen molar-refractivity contribution in [3.8, 4) is 0 Å². The van der Waals surface area contributed by atoms with Gasteiger partial charge in [0.05, 0.1) is 6.54 Å². The van der Waals surface area contributed by atoms with E-state index in [1.165, 1.54) is 4.88 Å². The highest BCUT2D eigenvalue weighted by molar-refractivity contribution is 14.0. The van der Waals surface area contributed by atoms with Gasteiger partial charge in [0, 0.05) is 50.4 Å². The van der Waals surface area contributed by atoms with Crippen molar-refractivity contribution in [2.24, 2.45) is 10.4 Å². The van der Waals surface area contributed by atoms with Gasteiger partial charge in [-0.2, -0.15) is 0 Å². The van der Waals surface area contributed by atoms with Crippen LogP contribution in [0.4, 0.5) is 0 Å². The Bertz CT molecular complexity index is 679. The van der Waals surface area contributed by atoms with Crippen LogP contribution < -0.4 is 10.6 Å². The summed E-state index contributed by atoms with van der Waals surface area (Å²) in [7, 11) is 3.48. The van der Waals surface area contributed by atoms with Crippen LogP contribution in [-0.2, 0) is 16.1 Å². The summed E-state index contributed by atoms with van der Waals surface area (Å²) in [6.07, 6.45) is 2.66. The Kier molecular flexibility index (Phi) is 7.90. The van der Waals surface area contributed by atoms with Gasteiger partial charge in [0.2, 0.25) is 11.8 Å². The van der Waals surface area contributed by atoms with Crippen molar-refractivity contribution >= 4 is 53.1 Å². The standard InChI is InChI=1S/C18H27N5O2S.HI/c1-22(2)16(25)11-20-17(19-10-14-5-3-8-26-14)23-7-4-6-18(13-23)9-15(24)21-12-18;/h3,5,8H,4,6-7,9-13H2,1-2H3,(H,19,20)(H,21,24);1H. The van der Waals surface area contributed by atoms with Crippen molar-refractivity contribution < 1.29 is 9.59 Å². The van der Waals surface area contributed by atoms with E-state index in [0.29, 0.717) is 13.0 Å². The Hall–Kier alpha value is -1.36. The number of hydrogen-bond donors (Lipinski definition) is 2. The van der Waals surface area contributed by atoms with E-state index in [9.17, 15) is 9.59 Å². The van der Waals surface area contributed by atoms with E-state index in [1.54, 1.807) is 30.3 Å². The number of amides is 2. The van der Waals surface area contributed by atoms with Crippen molar-refractivity contribution in [2.45, 2.75) is 25.8 Å². The molecule has 3 rings (SSSR count). The minimum atomic E-state index is -0.0233. The lowest BCUT2D eigenvalue weighted by Gasteiger charge is -2.40. The Morgan fingerprint density at radius 3 is 2.93 bits per heavy atom. The number of likely N-dealkylation sites (tertiary alicyclic amines) is 1. The number of hydrogen-bond acceptors (Lipinski definition) is 4. The Morgan fingerprint density at radius 1 is 1.48 bits per heavy atom. The summed E-state index contributed by atoms with van der Waals surface area (Å²) in [5.41, 5.74) is -0.00767. The van der Waals surface area contributed by atoms with Crippen molar-refractivity contribution in [3.63, 3.8) is 0 Å². The lowest BCUT2D eigenvalue weighted by atomic mass is 9.79. The van der Waals surface area contributed by atoms with Crippen molar-refractivity contribution in [3.05, 3.63) is 22.4 Å². The number of aliphatic imine (C=N–C) groups is 1. The first kappa shape index (κ1) is 21.9. The van der Waals surface area contributed by atoms with Gasteiger partial charge < -0.3 is 20.4 Å².